The third kappa shape index (κ3) is 12.8. The zero-order valence-electron chi connectivity index (χ0n) is 37.7. The maximum atomic E-state index is 13.4. The van der Waals surface area contributed by atoms with Crippen molar-refractivity contribution in [3.05, 3.63) is 95.4 Å². The fraction of sp³-hybridized carbons (Fsp3) is 0.540. The molecule has 0 bridgehead atoms. The molecule has 0 saturated heterocycles. The van der Waals surface area contributed by atoms with Crippen LogP contribution in [0.15, 0.2) is 72.5 Å². The molecule has 0 amide bonds. The first kappa shape index (κ1) is 50.8. The van der Waals surface area contributed by atoms with Crippen molar-refractivity contribution in [2.75, 3.05) is 0 Å². The van der Waals surface area contributed by atoms with Gasteiger partial charge in [-0.25, -0.2) is 0 Å². The van der Waals surface area contributed by atoms with Gasteiger partial charge in [0.25, 0.3) is 0 Å². The molecule has 0 saturated carbocycles. The van der Waals surface area contributed by atoms with Crippen LogP contribution in [-0.2, 0) is 42.2 Å². The number of carbonyl (C=O) groups excluding carboxylic acids is 1. The molecular formula is C50H68F3IrN2O2-. The first-order valence-electron chi connectivity index (χ1n) is 20.5. The van der Waals surface area contributed by atoms with Crippen LogP contribution in [0.5, 0.6) is 0 Å². The van der Waals surface area contributed by atoms with E-state index in [0.29, 0.717) is 34.9 Å². The number of rotatable bonds is 11. The van der Waals surface area contributed by atoms with E-state index in [9.17, 15) is 23.1 Å². The van der Waals surface area contributed by atoms with E-state index >= 15 is 0 Å². The van der Waals surface area contributed by atoms with Gasteiger partial charge in [0.05, 0.1) is 16.9 Å². The first-order valence-corrected chi connectivity index (χ1v) is 20.5. The van der Waals surface area contributed by atoms with E-state index < -0.39 is 11.6 Å². The molecule has 1 radical (unpaired) electrons. The van der Waals surface area contributed by atoms with Crippen molar-refractivity contribution in [2.24, 2.45) is 40.9 Å². The molecule has 0 aliphatic rings. The molecule has 4 nitrogen and oxygen atoms in total. The number of fused-ring (bicyclic) bond motifs is 1. The second kappa shape index (κ2) is 19.8. The fourth-order valence-corrected chi connectivity index (χ4v) is 7.92. The Morgan fingerprint density at radius 2 is 1.24 bits per heavy atom. The van der Waals surface area contributed by atoms with Gasteiger partial charge < -0.3 is 5.11 Å². The maximum absolute atomic E-state index is 13.4. The second-order valence-corrected chi connectivity index (χ2v) is 19.9. The summed E-state index contributed by atoms with van der Waals surface area (Å²) in [7, 11) is 0. The number of aromatic nitrogens is 2. The predicted octanol–water partition coefficient (Wildman–Crippen LogP) is 14.3. The van der Waals surface area contributed by atoms with Gasteiger partial charge in [-0.15, -0.1) is 29.1 Å². The Morgan fingerprint density at radius 3 is 1.71 bits per heavy atom. The fourth-order valence-electron chi connectivity index (χ4n) is 7.92. The molecule has 0 spiro atoms. The average molecular weight is 978 g/mol. The molecule has 0 aliphatic heterocycles. The summed E-state index contributed by atoms with van der Waals surface area (Å²) < 4.78 is 40.3. The molecule has 4 aromatic rings. The molecule has 0 unspecified atom stereocenters. The van der Waals surface area contributed by atoms with Crippen molar-refractivity contribution in [3.8, 4) is 22.4 Å². The van der Waals surface area contributed by atoms with Gasteiger partial charge in [-0.2, -0.15) is 23.4 Å². The van der Waals surface area contributed by atoms with E-state index in [1.165, 1.54) is 30.9 Å². The number of hydrogen-bond acceptors (Lipinski definition) is 4. The maximum Gasteiger partial charge on any atom is 0.394 e. The summed E-state index contributed by atoms with van der Waals surface area (Å²) in [6.45, 7) is 31.9. The Labute approximate surface area is 361 Å². The van der Waals surface area contributed by atoms with E-state index in [1.807, 2.05) is 30.3 Å². The Morgan fingerprint density at radius 1 is 0.724 bits per heavy atom. The van der Waals surface area contributed by atoms with Crippen LogP contribution in [-0.4, -0.2) is 27.3 Å². The van der Waals surface area contributed by atoms with Crippen LogP contribution < -0.4 is 0 Å². The van der Waals surface area contributed by atoms with Crippen molar-refractivity contribution in [2.45, 2.75) is 134 Å². The van der Waals surface area contributed by atoms with Crippen LogP contribution in [0.1, 0.15) is 128 Å². The zero-order valence-corrected chi connectivity index (χ0v) is 40.1. The quantitative estimate of drug-likeness (QED) is 0.0924. The van der Waals surface area contributed by atoms with Crippen molar-refractivity contribution < 1.29 is 43.2 Å². The minimum absolute atomic E-state index is 0. The minimum atomic E-state index is -4.27. The van der Waals surface area contributed by atoms with Gasteiger partial charge in [0.1, 0.15) is 0 Å². The molecule has 0 fully saturated rings. The number of aliphatic hydroxyl groups is 1. The van der Waals surface area contributed by atoms with Gasteiger partial charge >= 0.3 is 6.18 Å². The number of ketones is 1. The van der Waals surface area contributed by atoms with Crippen LogP contribution in [0.2, 0.25) is 0 Å². The molecule has 58 heavy (non-hydrogen) atoms. The Kier molecular flexibility index (Phi) is 17.3. The monoisotopic (exact) mass is 978 g/mol. The van der Waals surface area contributed by atoms with Crippen molar-refractivity contribution in [1.82, 2.24) is 10.2 Å². The van der Waals surface area contributed by atoms with Crippen molar-refractivity contribution in [3.63, 3.8) is 0 Å². The number of carbonyl (C=O) groups is 1. The van der Waals surface area contributed by atoms with Crippen LogP contribution in [0.3, 0.4) is 0 Å². The Bertz CT molecular complexity index is 1980. The average Bonchev–Trinajstić information content (AvgIpc) is 3.06. The van der Waals surface area contributed by atoms with Crippen molar-refractivity contribution >= 4 is 16.6 Å². The molecule has 1 aromatic heterocycles. The number of allylic oxidation sites excluding steroid dienone is 2. The number of nitrogens with zero attached hydrogens (tertiary/aromatic N) is 2. The molecule has 4 rings (SSSR count). The largest absolute Gasteiger partial charge is 0.512 e. The molecule has 1 N–H and O–H groups in total. The van der Waals surface area contributed by atoms with Gasteiger partial charge in [-0.1, -0.05) is 170 Å². The van der Waals surface area contributed by atoms with Gasteiger partial charge in [0.15, 0.2) is 5.78 Å². The molecule has 321 valence electrons. The van der Waals surface area contributed by atoms with Crippen LogP contribution >= 0.6 is 0 Å². The standard InChI is InChI=1S/C33H36F3N2.C17H32O2.Ir/c1-30(2,3)27-18-24(17-23-11-9-10-12-25(23)27)28-19-26(29(38-37-28)31(4,5)6)22-15-13-21(14-16-22)20-32(7,8)33(34,35)36;1-10(2)16(11(3)4)14(18)9-15(19)17(12(5)6)13(7)8;/h9-16,18-19H,20H2,1-8H3;9-13,16-18H,1-8H3;/q-1;;/b;14-9-;. The first-order chi connectivity index (χ1) is 26.1. The third-order valence-electron chi connectivity index (χ3n) is 10.9. The van der Waals surface area contributed by atoms with E-state index in [4.69, 9.17) is 0 Å². The molecule has 0 aliphatic carbocycles. The molecule has 0 atom stereocenters. The van der Waals surface area contributed by atoms with Gasteiger partial charge in [0.2, 0.25) is 0 Å². The molecule has 1 heterocycles. The van der Waals surface area contributed by atoms with Crippen molar-refractivity contribution in [1.29, 1.82) is 0 Å². The Balaban J connectivity index is 0.000000494. The number of halogens is 3. The molecule has 8 heteroatoms. The number of aliphatic hydroxyl groups excluding tert-OH is 1. The van der Waals surface area contributed by atoms with Gasteiger partial charge in [0, 0.05) is 54.7 Å². The topological polar surface area (TPSA) is 63.1 Å². The summed E-state index contributed by atoms with van der Waals surface area (Å²) in [6, 6.07) is 23.3. The second-order valence-electron chi connectivity index (χ2n) is 19.9. The van der Waals surface area contributed by atoms with Crippen LogP contribution in [0, 0.1) is 47.0 Å². The summed E-state index contributed by atoms with van der Waals surface area (Å²) in [5.41, 5.74) is 3.94. The minimum Gasteiger partial charge on any atom is -0.512 e. The summed E-state index contributed by atoms with van der Waals surface area (Å²) >= 11 is 0. The smallest absolute Gasteiger partial charge is 0.394 e. The summed E-state index contributed by atoms with van der Waals surface area (Å²) in [6.07, 6.45) is -2.86. The van der Waals surface area contributed by atoms with E-state index in [0.717, 1.165) is 27.8 Å². The summed E-state index contributed by atoms with van der Waals surface area (Å²) in [5, 5.41) is 21.8. The normalized spacial score (nSPS) is 13.2. The van der Waals surface area contributed by atoms with Gasteiger partial charge in [-0.3, -0.25) is 4.79 Å². The predicted molar refractivity (Wildman–Crippen MR) is 232 cm³/mol. The zero-order chi connectivity index (χ0) is 43.4. The number of alkyl halides is 3. The third-order valence-corrected chi connectivity index (χ3v) is 10.9. The molecular weight excluding hydrogens is 910 g/mol. The van der Waals surface area contributed by atoms with Gasteiger partial charge in [-0.05, 0) is 46.6 Å². The number of hydrogen-bond donors (Lipinski definition) is 1. The Hall–Kier alpha value is -3.35. The van der Waals surface area contributed by atoms with E-state index in [-0.39, 0.29) is 60.7 Å². The van der Waals surface area contributed by atoms with E-state index in [1.54, 1.807) is 12.1 Å². The summed E-state index contributed by atoms with van der Waals surface area (Å²) in [5.74, 6) is 1.63. The number of benzene rings is 3. The SMILES string of the molecule is CC(C)(C)c1nnc(-c2[c-]c3ccccc3c(C(C)(C)C)c2)cc1-c1ccc(CC(C)(C)C(F)(F)F)cc1.CC(C)C(C(=O)/C=C(\O)C(C(C)C)C(C)C)C(C)C.[Ir]. The molecule has 3 aromatic carbocycles. The van der Waals surface area contributed by atoms with Crippen LogP contribution in [0.25, 0.3) is 33.2 Å². The summed E-state index contributed by atoms with van der Waals surface area (Å²) in [4.78, 5) is 12.3. The van der Waals surface area contributed by atoms with E-state index in [2.05, 4.69) is 131 Å². The van der Waals surface area contributed by atoms with Crippen LogP contribution in [0.4, 0.5) is 13.2 Å².